The summed E-state index contributed by atoms with van der Waals surface area (Å²) in [5, 5.41) is 2.76. The maximum absolute atomic E-state index is 12.9. The van der Waals surface area contributed by atoms with Crippen molar-refractivity contribution in [2.75, 3.05) is 7.11 Å². The highest BCUT2D eigenvalue weighted by Gasteiger charge is 2.30. The van der Waals surface area contributed by atoms with Crippen LogP contribution in [0, 0.1) is 5.82 Å². The van der Waals surface area contributed by atoms with Gasteiger partial charge in [-0.2, -0.15) is 0 Å². The van der Waals surface area contributed by atoms with E-state index in [1.54, 1.807) is 32.9 Å². The Hall–Kier alpha value is -1.91. The zero-order valence-electron chi connectivity index (χ0n) is 12.2. The number of nitrogens with one attached hydrogen (secondary N) is 1. The monoisotopic (exact) mass is 281 g/mol. The second-order valence-electron chi connectivity index (χ2n) is 5.29. The summed E-state index contributed by atoms with van der Waals surface area (Å²) in [6.45, 7) is 5.23. The molecule has 0 saturated heterocycles. The SMILES string of the molecule is COC(=O)C[C@H](C)NC(=O)C(C)(C)c1ccc(F)cc1. The van der Waals surface area contributed by atoms with Gasteiger partial charge in [0.1, 0.15) is 5.82 Å². The van der Waals surface area contributed by atoms with Crippen LogP contribution in [0.15, 0.2) is 24.3 Å². The summed E-state index contributed by atoms with van der Waals surface area (Å²) in [5.41, 5.74) is -0.0976. The summed E-state index contributed by atoms with van der Waals surface area (Å²) in [6, 6.07) is 5.49. The lowest BCUT2D eigenvalue weighted by Gasteiger charge is -2.26. The standard InChI is InChI=1S/C15H20FNO3/c1-10(9-13(18)20-4)17-14(19)15(2,3)11-5-7-12(16)8-6-11/h5-8,10H,9H2,1-4H3,(H,17,19)/t10-/m0/s1. The van der Waals surface area contributed by atoms with Gasteiger partial charge in [-0.25, -0.2) is 4.39 Å². The molecule has 0 saturated carbocycles. The van der Waals surface area contributed by atoms with Crippen LogP contribution in [0.2, 0.25) is 0 Å². The summed E-state index contributed by atoms with van der Waals surface area (Å²) in [5.74, 6) is -0.943. The molecule has 1 aromatic carbocycles. The van der Waals surface area contributed by atoms with E-state index in [0.717, 1.165) is 0 Å². The van der Waals surface area contributed by atoms with E-state index in [9.17, 15) is 14.0 Å². The predicted molar refractivity (Wildman–Crippen MR) is 73.7 cm³/mol. The molecule has 0 aliphatic heterocycles. The quantitative estimate of drug-likeness (QED) is 0.842. The molecule has 1 aromatic rings. The van der Waals surface area contributed by atoms with Crippen molar-refractivity contribution in [3.05, 3.63) is 35.6 Å². The molecule has 1 N–H and O–H groups in total. The number of amides is 1. The third-order valence-corrected chi connectivity index (χ3v) is 3.21. The van der Waals surface area contributed by atoms with Crippen LogP contribution in [0.4, 0.5) is 4.39 Å². The van der Waals surface area contributed by atoms with Crippen LogP contribution in [0.25, 0.3) is 0 Å². The molecular formula is C15H20FNO3. The van der Waals surface area contributed by atoms with Gasteiger partial charge in [0.2, 0.25) is 5.91 Å². The number of hydrogen-bond acceptors (Lipinski definition) is 3. The minimum absolute atomic E-state index is 0.113. The molecule has 1 amide bonds. The van der Waals surface area contributed by atoms with Crippen LogP contribution in [-0.2, 0) is 19.7 Å². The van der Waals surface area contributed by atoms with E-state index in [4.69, 9.17) is 0 Å². The van der Waals surface area contributed by atoms with Crippen molar-refractivity contribution in [3.63, 3.8) is 0 Å². The summed E-state index contributed by atoms with van der Waals surface area (Å²) in [6.07, 6.45) is 0.113. The van der Waals surface area contributed by atoms with Crippen molar-refractivity contribution in [1.29, 1.82) is 0 Å². The van der Waals surface area contributed by atoms with Crippen molar-refractivity contribution in [2.24, 2.45) is 0 Å². The molecule has 0 bridgehead atoms. The fraction of sp³-hybridized carbons (Fsp3) is 0.467. The molecule has 0 spiro atoms. The number of benzene rings is 1. The van der Waals surface area contributed by atoms with E-state index in [0.29, 0.717) is 5.56 Å². The van der Waals surface area contributed by atoms with Crippen molar-refractivity contribution in [2.45, 2.75) is 38.6 Å². The van der Waals surface area contributed by atoms with Crippen molar-refractivity contribution in [3.8, 4) is 0 Å². The van der Waals surface area contributed by atoms with Crippen LogP contribution in [0.1, 0.15) is 32.8 Å². The predicted octanol–water partition coefficient (Wildman–Crippen LogP) is 2.17. The Balaban J connectivity index is 2.74. The lowest BCUT2D eigenvalue weighted by Crippen LogP contribution is -2.44. The van der Waals surface area contributed by atoms with Crippen LogP contribution < -0.4 is 5.32 Å². The molecule has 0 radical (unpaired) electrons. The molecule has 110 valence electrons. The molecule has 4 nitrogen and oxygen atoms in total. The van der Waals surface area contributed by atoms with Gasteiger partial charge in [0.15, 0.2) is 0 Å². The molecule has 0 aliphatic rings. The zero-order valence-corrected chi connectivity index (χ0v) is 12.2. The molecule has 0 aromatic heterocycles. The Morgan fingerprint density at radius 3 is 2.35 bits per heavy atom. The van der Waals surface area contributed by atoms with E-state index < -0.39 is 5.41 Å². The number of carbonyl (C=O) groups is 2. The van der Waals surface area contributed by atoms with Gasteiger partial charge in [-0.3, -0.25) is 9.59 Å². The second-order valence-corrected chi connectivity index (χ2v) is 5.29. The minimum Gasteiger partial charge on any atom is -0.469 e. The lowest BCUT2D eigenvalue weighted by molar-refractivity contribution is -0.141. The second kappa shape index (κ2) is 6.50. The van der Waals surface area contributed by atoms with Crippen LogP contribution in [0.5, 0.6) is 0 Å². The number of methoxy groups -OCH3 is 1. The number of hydrogen-bond donors (Lipinski definition) is 1. The first-order valence-electron chi connectivity index (χ1n) is 6.41. The Morgan fingerprint density at radius 1 is 1.30 bits per heavy atom. The number of esters is 1. The maximum atomic E-state index is 12.9. The van der Waals surface area contributed by atoms with Gasteiger partial charge in [-0.15, -0.1) is 0 Å². The van der Waals surface area contributed by atoms with Gasteiger partial charge in [-0.1, -0.05) is 12.1 Å². The van der Waals surface area contributed by atoms with Gasteiger partial charge in [-0.05, 0) is 38.5 Å². The molecule has 0 unspecified atom stereocenters. The fourth-order valence-corrected chi connectivity index (χ4v) is 1.79. The van der Waals surface area contributed by atoms with E-state index >= 15 is 0 Å². The third-order valence-electron chi connectivity index (χ3n) is 3.21. The number of rotatable bonds is 5. The van der Waals surface area contributed by atoms with Crippen LogP contribution in [0.3, 0.4) is 0 Å². The Morgan fingerprint density at radius 2 is 1.85 bits per heavy atom. The van der Waals surface area contributed by atoms with Gasteiger partial charge in [0, 0.05) is 6.04 Å². The molecule has 1 atom stereocenters. The summed E-state index contributed by atoms with van der Waals surface area (Å²) >= 11 is 0. The molecular weight excluding hydrogens is 261 g/mol. The van der Waals surface area contributed by atoms with Gasteiger partial charge in [0.05, 0.1) is 18.9 Å². The van der Waals surface area contributed by atoms with E-state index in [1.165, 1.54) is 19.2 Å². The lowest BCUT2D eigenvalue weighted by atomic mass is 9.83. The third kappa shape index (κ3) is 4.05. The van der Waals surface area contributed by atoms with E-state index in [2.05, 4.69) is 10.1 Å². The van der Waals surface area contributed by atoms with E-state index in [1.807, 2.05) is 0 Å². The molecule has 5 heteroatoms. The first-order chi connectivity index (χ1) is 9.27. The molecule has 20 heavy (non-hydrogen) atoms. The van der Waals surface area contributed by atoms with Crippen molar-refractivity contribution in [1.82, 2.24) is 5.32 Å². The van der Waals surface area contributed by atoms with E-state index in [-0.39, 0.29) is 30.2 Å². The van der Waals surface area contributed by atoms with Crippen LogP contribution in [-0.4, -0.2) is 25.0 Å². The number of carbonyl (C=O) groups excluding carboxylic acids is 2. The summed E-state index contributed by atoms with van der Waals surface area (Å²) < 4.78 is 17.5. The topological polar surface area (TPSA) is 55.4 Å². The average Bonchev–Trinajstić information content (AvgIpc) is 2.38. The average molecular weight is 281 g/mol. The van der Waals surface area contributed by atoms with Gasteiger partial charge < -0.3 is 10.1 Å². The normalized spacial score (nSPS) is 12.7. The Kier molecular flexibility index (Phi) is 5.25. The minimum atomic E-state index is -0.807. The summed E-state index contributed by atoms with van der Waals surface area (Å²) in [7, 11) is 1.30. The Labute approximate surface area is 118 Å². The molecule has 1 rings (SSSR count). The molecule has 0 fully saturated rings. The fourth-order valence-electron chi connectivity index (χ4n) is 1.79. The zero-order chi connectivity index (χ0) is 15.3. The Bertz CT molecular complexity index is 482. The number of ether oxygens (including phenoxy) is 1. The van der Waals surface area contributed by atoms with Crippen molar-refractivity contribution >= 4 is 11.9 Å². The maximum Gasteiger partial charge on any atom is 0.307 e. The summed E-state index contributed by atoms with van der Waals surface area (Å²) in [4.78, 5) is 23.4. The highest BCUT2D eigenvalue weighted by molar-refractivity contribution is 5.87. The highest BCUT2D eigenvalue weighted by atomic mass is 19.1. The molecule has 0 heterocycles. The molecule has 0 aliphatic carbocycles. The van der Waals surface area contributed by atoms with Crippen LogP contribution >= 0.6 is 0 Å². The number of halogens is 1. The first kappa shape index (κ1) is 16.1. The van der Waals surface area contributed by atoms with Gasteiger partial charge in [0.25, 0.3) is 0 Å². The smallest absolute Gasteiger partial charge is 0.307 e. The first-order valence-corrected chi connectivity index (χ1v) is 6.41. The van der Waals surface area contributed by atoms with Gasteiger partial charge >= 0.3 is 5.97 Å². The van der Waals surface area contributed by atoms with Crippen molar-refractivity contribution < 1.29 is 18.7 Å². The largest absolute Gasteiger partial charge is 0.469 e. The highest BCUT2D eigenvalue weighted by Crippen LogP contribution is 2.23.